The maximum atomic E-state index is 12.6. The van der Waals surface area contributed by atoms with E-state index in [-0.39, 0.29) is 23.8 Å². The average molecular weight is 468 g/mol. The number of benzene rings is 3. The first-order valence-electron chi connectivity index (χ1n) is 11.8. The third kappa shape index (κ3) is 4.49. The molecule has 1 heterocycles. The Morgan fingerprint density at radius 3 is 2.40 bits per heavy atom. The van der Waals surface area contributed by atoms with Gasteiger partial charge in [0.05, 0.1) is 5.69 Å². The van der Waals surface area contributed by atoms with Crippen LogP contribution in [0, 0.1) is 0 Å². The lowest BCUT2D eigenvalue weighted by atomic mass is 9.78. The second-order valence-corrected chi connectivity index (χ2v) is 9.31. The summed E-state index contributed by atoms with van der Waals surface area (Å²) in [5.74, 6) is 0.692. The van der Waals surface area contributed by atoms with Crippen LogP contribution < -0.4 is 15.1 Å². The molecule has 7 nitrogen and oxygen atoms in total. The first-order chi connectivity index (χ1) is 16.9. The highest BCUT2D eigenvalue weighted by molar-refractivity contribution is 6.07. The van der Waals surface area contributed by atoms with Gasteiger partial charge in [0.25, 0.3) is 5.91 Å². The predicted molar refractivity (Wildman–Crippen MR) is 139 cm³/mol. The lowest BCUT2D eigenvalue weighted by Gasteiger charge is -2.35. The fraction of sp³-hybridized carbons (Fsp3) is 0.250. The molecule has 1 aliphatic rings. The summed E-state index contributed by atoms with van der Waals surface area (Å²) in [6.07, 6.45) is 1.66. The van der Waals surface area contributed by atoms with Crippen LogP contribution in [0.3, 0.4) is 0 Å². The summed E-state index contributed by atoms with van der Waals surface area (Å²) in [6, 6.07) is 23.6. The molecule has 0 radical (unpaired) electrons. The molecule has 35 heavy (non-hydrogen) atoms. The molecule has 4 aromatic rings. The van der Waals surface area contributed by atoms with Crippen LogP contribution in [0.15, 0.2) is 72.8 Å². The zero-order valence-electron chi connectivity index (χ0n) is 20.2. The summed E-state index contributed by atoms with van der Waals surface area (Å²) >= 11 is 0. The molecular formula is C28H29N5O2. The van der Waals surface area contributed by atoms with Gasteiger partial charge in [0, 0.05) is 61.4 Å². The van der Waals surface area contributed by atoms with Gasteiger partial charge in [0.1, 0.15) is 0 Å². The van der Waals surface area contributed by atoms with Crippen molar-refractivity contribution >= 4 is 39.8 Å². The summed E-state index contributed by atoms with van der Waals surface area (Å²) in [5, 5.41) is 12.8. The summed E-state index contributed by atoms with van der Waals surface area (Å²) in [7, 11) is 3.95. The Kier molecular flexibility index (Phi) is 5.99. The summed E-state index contributed by atoms with van der Waals surface area (Å²) in [4.78, 5) is 28.9. The number of hydrogen-bond donors (Lipinski definition) is 2. The molecule has 1 aliphatic carbocycles. The van der Waals surface area contributed by atoms with Gasteiger partial charge in [-0.15, -0.1) is 0 Å². The minimum absolute atomic E-state index is 0.0530. The van der Waals surface area contributed by atoms with Gasteiger partial charge in [0.15, 0.2) is 5.82 Å². The third-order valence-corrected chi connectivity index (χ3v) is 6.69. The van der Waals surface area contributed by atoms with Crippen molar-refractivity contribution in [3.63, 3.8) is 0 Å². The largest absolute Gasteiger partial charge is 0.378 e. The molecular weight excluding hydrogens is 438 g/mol. The van der Waals surface area contributed by atoms with Gasteiger partial charge in [-0.3, -0.25) is 19.6 Å². The highest BCUT2D eigenvalue weighted by atomic mass is 16.2. The van der Waals surface area contributed by atoms with Gasteiger partial charge >= 0.3 is 0 Å². The Hall–Kier alpha value is -4.13. The normalized spacial score (nSPS) is 17.0. The molecule has 0 unspecified atom stereocenters. The fourth-order valence-corrected chi connectivity index (χ4v) is 4.68. The van der Waals surface area contributed by atoms with Gasteiger partial charge < -0.3 is 10.2 Å². The second kappa shape index (κ2) is 9.25. The van der Waals surface area contributed by atoms with Crippen molar-refractivity contribution in [2.45, 2.75) is 31.7 Å². The van der Waals surface area contributed by atoms with E-state index in [1.165, 1.54) is 0 Å². The number of rotatable bonds is 6. The highest BCUT2D eigenvalue weighted by Gasteiger charge is 2.33. The number of carbonyl (C=O) groups excluding carboxylic acids is 2. The van der Waals surface area contributed by atoms with Crippen molar-refractivity contribution in [2.24, 2.45) is 0 Å². The molecule has 1 saturated carbocycles. The predicted octanol–water partition coefficient (Wildman–Crippen LogP) is 4.99. The Morgan fingerprint density at radius 2 is 1.69 bits per heavy atom. The van der Waals surface area contributed by atoms with Crippen molar-refractivity contribution in [1.82, 2.24) is 15.5 Å². The number of fused-ring (bicyclic) bond motifs is 1. The maximum Gasteiger partial charge on any atom is 0.251 e. The quantitative estimate of drug-likeness (QED) is 0.419. The number of anilines is 3. The van der Waals surface area contributed by atoms with E-state index in [4.69, 9.17) is 0 Å². The molecule has 0 aliphatic heterocycles. The Balaban J connectivity index is 1.26. The summed E-state index contributed by atoms with van der Waals surface area (Å²) < 4.78 is 0. The van der Waals surface area contributed by atoms with E-state index >= 15 is 0 Å². The van der Waals surface area contributed by atoms with Crippen LogP contribution in [0.2, 0.25) is 0 Å². The first kappa shape index (κ1) is 22.7. The van der Waals surface area contributed by atoms with Crippen molar-refractivity contribution < 1.29 is 9.59 Å². The molecule has 2 N–H and O–H groups in total. The van der Waals surface area contributed by atoms with E-state index in [9.17, 15) is 9.59 Å². The standard InChI is InChI=1S/C28H29N5O2/c1-18(34)33(26-10-6-8-19-7-4-5-9-24(19)26)27-17-25(30-31-27)21-15-22(16-21)29-28(35)20-11-13-23(14-12-20)32(2)3/h4-14,17,21-22H,15-16H2,1-3H3,(H,29,35)(H,30,31). The number of hydrogen-bond acceptors (Lipinski definition) is 4. The average Bonchev–Trinajstić information content (AvgIpc) is 3.30. The third-order valence-electron chi connectivity index (χ3n) is 6.69. The number of aromatic amines is 1. The van der Waals surface area contributed by atoms with E-state index in [2.05, 4.69) is 15.5 Å². The van der Waals surface area contributed by atoms with Gasteiger partial charge in [0.2, 0.25) is 5.91 Å². The van der Waals surface area contributed by atoms with Gasteiger partial charge in [-0.1, -0.05) is 36.4 Å². The molecule has 5 rings (SSSR count). The zero-order valence-corrected chi connectivity index (χ0v) is 20.2. The number of nitrogens with one attached hydrogen (secondary N) is 2. The molecule has 1 aromatic heterocycles. The van der Waals surface area contributed by atoms with Gasteiger partial charge in [-0.25, -0.2) is 0 Å². The molecule has 7 heteroatoms. The Labute approximate surface area is 204 Å². The van der Waals surface area contributed by atoms with E-state index < -0.39 is 0 Å². The molecule has 0 bridgehead atoms. The van der Waals surface area contributed by atoms with Crippen LogP contribution in [0.5, 0.6) is 0 Å². The second-order valence-electron chi connectivity index (χ2n) is 9.31. The molecule has 3 aromatic carbocycles. The van der Waals surface area contributed by atoms with Crippen molar-refractivity contribution in [2.75, 3.05) is 23.9 Å². The maximum absolute atomic E-state index is 12.6. The van der Waals surface area contributed by atoms with Crippen LogP contribution in [0.25, 0.3) is 10.8 Å². The van der Waals surface area contributed by atoms with Crippen molar-refractivity contribution in [3.8, 4) is 0 Å². The van der Waals surface area contributed by atoms with Crippen LogP contribution in [0.4, 0.5) is 17.2 Å². The van der Waals surface area contributed by atoms with Crippen LogP contribution in [0.1, 0.15) is 41.7 Å². The van der Waals surface area contributed by atoms with Crippen LogP contribution >= 0.6 is 0 Å². The van der Waals surface area contributed by atoms with E-state index in [1.807, 2.05) is 91.8 Å². The highest BCUT2D eigenvalue weighted by Crippen LogP contribution is 2.39. The fourth-order valence-electron chi connectivity index (χ4n) is 4.68. The van der Waals surface area contributed by atoms with Gasteiger partial charge in [-0.2, -0.15) is 5.10 Å². The first-order valence-corrected chi connectivity index (χ1v) is 11.8. The van der Waals surface area contributed by atoms with E-state index in [1.54, 1.807) is 11.8 Å². The van der Waals surface area contributed by atoms with Crippen LogP contribution in [-0.4, -0.2) is 42.1 Å². The van der Waals surface area contributed by atoms with Crippen molar-refractivity contribution in [1.29, 1.82) is 0 Å². The summed E-state index contributed by atoms with van der Waals surface area (Å²) in [5.41, 5.74) is 3.51. The Bertz CT molecular complexity index is 1360. The number of aromatic nitrogens is 2. The van der Waals surface area contributed by atoms with E-state index in [0.717, 1.165) is 40.7 Å². The minimum atomic E-state index is -0.0987. The van der Waals surface area contributed by atoms with Gasteiger partial charge in [-0.05, 0) is 48.6 Å². The topological polar surface area (TPSA) is 81.3 Å². The molecule has 178 valence electrons. The number of H-pyrrole nitrogens is 1. The number of nitrogens with zero attached hydrogens (tertiary/aromatic N) is 3. The smallest absolute Gasteiger partial charge is 0.251 e. The molecule has 1 fully saturated rings. The monoisotopic (exact) mass is 467 g/mol. The Morgan fingerprint density at radius 1 is 0.971 bits per heavy atom. The summed E-state index contributed by atoms with van der Waals surface area (Å²) in [6.45, 7) is 1.55. The van der Waals surface area contributed by atoms with E-state index in [0.29, 0.717) is 11.4 Å². The zero-order chi connectivity index (χ0) is 24.5. The minimum Gasteiger partial charge on any atom is -0.378 e. The molecule has 0 saturated heterocycles. The molecule has 0 atom stereocenters. The molecule has 2 amide bonds. The molecule has 0 spiro atoms. The lowest BCUT2D eigenvalue weighted by Crippen LogP contribution is -2.43. The SMILES string of the molecule is CC(=O)N(c1cc(C2CC(NC(=O)c3ccc(N(C)C)cc3)C2)[nH]n1)c1cccc2ccccc12. The van der Waals surface area contributed by atoms with Crippen LogP contribution in [-0.2, 0) is 4.79 Å². The number of amides is 2. The lowest BCUT2D eigenvalue weighted by molar-refractivity contribution is -0.115. The number of carbonyl (C=O) groups is 2. The van der Waals surface area contributed by atoms with Crippen molar-refractivity contribution in [3.05, 3.63) is 84.1 Å².